The number of benzene rings is 2. The normalized spacial score (nSPS) is 17.7. The summed E-state index contributed by atoms with van der Waals surface area (Å²) in [6.45, 7) is -0.246. The summed E-state index contributed by atoms with van der Waals surface area (Å²) in [4.78, 5) is 25.7. The fourth-order valence-corrected chi connectivity index (χ4v) is 2.89. The largest absolute Gasteiger partial charge is 0.302 e. The minimum atomic E-state index is -0.993. The molecule has 7 heteroatoms. The Kier molecular flexibility index (Phi) is 4.14. The van der Waals surface area contributed by atoms with Gasteiger partial charge in [0.05, 0.1) is 4.47 Å². The molecule has 3 rings (SSSR count). The second-order valence-electron chi connectivity index (χ2n) is 5.08. The van der Waals surface area contributed by atoms with Crippen LogP contribution in [-0.4, -0.2) is 33.5 Å². The Morgan fingerprint density at radius 2 is 1.91 bits per heavy atom. The van der Waals surface area contributed by atoms with Gasteiger partial charge >= 0.3 is 0 Å². The van der Waals surface area contributed by atoms with Crippen LogP contribution < -0.4 is 0 Å². The molecule has 23 heavy (non-hydrogen) atoms. The van der Waals surface area contributed by atoms with Crippen molar-refractivity contribution in [2.24, 2.45) is 0 Å². The first-order valence-electron chi connectivity index (χ1n) is 6.81. The molecule has 2 aromatic carbocycles. The molecule has 0 bridgehead atoms. The van der Waals surface area contributed by atoms with Crippen LogP contribution in [0.5, 0.6) is 0 Å². The average molecular weight is 379 g/mol. The van der Waals surface area contributed by atoms with Gasteiger partial charge in [-0.05, 0) is 45.8 Å². The highest BCUT2D eigenvalue weighted by molar-refractivity contribution is 9.10. The van der Waals surface area contributed by atoms with Gasteiger partial charge in [0.1, 0.15) is 12.4 Å². The first-order valence-corrected chi connectivity index (χ1v) is 7.60. The number of carbonyl (C=O) groups is 2. The van der Waals surface area contributed by atoms with Crippen LogP contribution in [0.3, 0.4) is 0 Å². The third-order valence-electron chi connectivity index (χ3n) is 3.61. The van der Waals surface area contributed by atoms with Crippen LogP contribution in [0.4, 0.5) is 4.39 Å². The lowest BCUT2D eigenvalue weighted by atomic mass is 10.1. The lowest BCUT2D eigenvalue weighted by molar-refractivity contribution is -0.168. The zero-order valence-corrected chi connectivity index (χ0v) is 13.4. The number of hydrogen-bond acceptors (Lipinski definition) is 3. The van der Waals surface area contributed by atoms with Gasteiger partial charge in [-0.2, -0.15) is 5.06 Å². The number of hydrogen-bond donors (Lipinski definition) is 1. The van der Waals surface area contributed by atoms with E-state index in [0.29, 0.717) is 16.2 Å². The molecule has 0 aliphatic carbocycles. The van der Waals surface area contributed by atoms with Crippen molar-refractivity contribution < 1.29 is 19.2 Å². The molecule has 1 aliphatic rings. The van der Waals surface area contributed by atoms with Gasteiger partial charge < -0.3 is 4.90 Å². The van der Waals surface area contributed by atoms with E-state index in [2.05, 4.69) is 15.9 Å². The van der Waals surface area contributed by atoms with Gasteiger partial charge in [0.15, 0.2) is 6.17 Å². The maximum atomic E-state index is 13.4. The number of halogens is 2. The highest BCUT2D eigenvalue weighted by Crippen LogP contribution is 2.32. The van der Waals surface area contributed by atoms with Gasteiger partial charge in [-0.3, -0.25) is 14.8 Å². The molecule has 0 aromatic heterocycles. The zero-order chi connectivity index (χ0) is 16.6. The molecule has 1 heterocycles. The van der Waals surface area contributed by atoms with E-state index in [-0.39, 0.29) is 16.9 Å². The van der Waals surface area contributed by atoms with E-state index >= 15 is 0 Å². The lowest BCUT2D eigenvalue weighted by Gasteiger charge is -2.26. The minimum Gasteiger partial charge on any atom is -0.302 e. The van der Waals surface area contributed by atoms with E-state index in [1.807, 2.05) is 0 Å². The molecule has 1 N–H and O–H groups in total. The van der Waals surface area contributed by atoms with Gasteiger partial charge in [-0.15, -0.1) is 0 Å². The van der Waals surface area contributed by atoms with Crippen molar-refractivity contribution >= 4 is 27.7 Å². The van der Waals surface area contributed by atoms with Gasteiger partial charge in [-0.25, -0.2) is 4.39 Å². The van der Waals surface area contributed by atoms with Crippen molar-refractivity contribution in [2.45, 2.75) is 6.17 Å². The van der Waals surface area contributed by atoms with Crippen LogP contribution in [0, 0.1) is 5.82 Å². The molecule has 1 aliphatic heterocycles. The summed E-state index contributed by atoms with van der Waals surface area (Å²) in [6, 6.07) is 12.5. The summed E-state index contributed by atoms with van der Waals surface area (Å²) >= 11 is 3.07. The average Bonchev–Trinajstić information content (AvgIpc) is 2.86. The summed E-state index contributed by atoms with van der Waals surface area (Å²) in [7, 11) is 0. The van der Waals surface area contributed by atoms with Crippen LogP contribution in [0.15, 0.2) is 53.0 Å². The Morgan fingerprint density at radius 1 is 1.22 bits per heavy atom. The van der Waals surface area contributed by atoms with Gasteiger partial charge in [0.25, 0.3) is 11.8 Å². The fraction of sp³-hybridized carbons (Fsp3) is 0.125. The first kappa shape index (κ1) is 15.6. The highest BCUT2D eigenvalue weighted by Gasteiger charge is 2.41. The molecule has 0 radical (unpaired) electrons. The first-order chi connectivity index (χ1) is 11.0. The molecular weight excluding hydrogens is 367 g/mol. The van der Waals surface area contributed by atoms with Crippen molar-refractivity contribution in [3.05, 3.63) is 69.9 Å². The summed E-state index contributed by atoms with van der Waals surface area (Å²) in [5, 5.41) is 10.5. The summed E-state index contributed by atoms with van der Waals surface area (Å²) in [5.74, 6) is -1.45. The third kappa shape index (κ3) is 2.85. The van der Waals surface area contributed by atoms with Crippen molar-refractivity contribution in [2.75, 3.05) is 6.54 Å². The molecule has 1 fully saturated rings. The molecule has 2 amide bonds. The Bertz CT molecular complexity index is 769. The maximum absolute atomic E-state index is 13.4. The SMILES string of the molecule is O=C1CN(C(=O)c2ccccc2)C(c2ccc(F)c(Br)c2)N1O. The molecule has 5 nitrogen and oxygen atoms in total. The Labute approximate surface area is 140 Å². The van der Waals surface area contributed by atoms with E-state index in [9.17, 15) is 19.2 Å². The summed E-state index contributed by atoms with van der Waals surface area (Å²) < 4.78 is 13.6. The second-order valence-corrected chi connectivity index (χ2v) is 5.94. The van der Waals surface area contributed by atoms with Crippen molar-refractivity contribution in [3.63, 3.8) is 0 Å². The number of nitrogens with zero attached hydrogens (tertiary/aromatic N) is 2. The second kappa shape index (κ2) is 6.10. The summed E-state index contributed by atoms with van der Waals surface area (Å²) in [5.41, 5.74) is 0.831. The number of hydroxylamine groups is 2. The smallest absolute Gasteiger partial charge is 0.267 e. The quantitative estimate of drug-likeness (QED) is 0.817. The lowest BCUT2D eigenvalue weighted by Crippen LogP contribution is -2.34. The van der Waals surface area contributed by atoms with Crippen molar-refractivity contribution in [1.82, 2.24) is 9.96 Å². The van der Waals surface area contributed by atoms with Crippen molar-refractivity contribution in [1.29, 1.82) is 0 Å². The number of rotatable bonds is 2. The van der Waals surface area contributed by atoms with Gasteiger partial charge in [0.2, 0.25) is 0 Å². The Balaban J connectivity index is 1.99. The molecule has 118 valence electrons. The van der Waals surface area contributed by atoms with E-state index in [1.54, 1.807) is 30.3 Å². The standard InChI is InChI=1S/C16H12BrFN2O3/c17-12-8-11(6-7-13(12)18)15-19(9-14(21)20(15)23)16(22)10-4-2-1-3-5-10/h1-8,15,23H,9H2. The maximum Gasteiger partial charge on any atom is 0.267 e. The zero-order valence-electron chi connectivity index (χ0n) is 11.8. The third-order valence-corrected chi connectivity index (χ3v) is 4.22. The molecule has 0 saturated carbocycles. The fourth-order valence-electron chi connectivity index (χ4n) is 2.50. The topological polar surface area (TPSA) is 60.9 Å². The Morgan fingerprint density at radius 3 is 2.57 bits per heavy atom. The van der Waals surface area contributed by atoms with Gasteiger partial charge in [0, 0.05) is 5.56 Å². The predicted octanol–water partition coefficient (Wildman–Crippen LogP) is 2.96. The highest BCUT2D eigenvalue weighted by atomic mass is 79.9. The molecule has 1 saturated heterocycles. The van der Waals surface area contributed by atoms with Gasteiger partial charge in [-0.1, -0.05) is 24.3 Å². The molecule has 2 aromatic rings. The summed E-state index contributed by atoms with van der Waals surface area (Å²) in [6.07, 6.45) is -0.993. The van der Waals surface area contributed by atoms with Crippen molar-refractivity contribution in [3.8, 4) is 0 Å². The minimum absolute atomic E-state index is 0.190. The van der Waals surface area contributed by atoms with Crippen LogP contribution in [0.25, 0.3) is 0 Å². The Hall–Kier alpha value is -2.25. The number of amides is 2. The molecule has 0 spiro atoms. The van der Waals surface area contributed by atoms with Crippen LogP contribution in [-0.2, 0) is 4.79 Å². The van der Waals surface area contributed by atoms with Crippen LogP contribution in [0.2, 0.25) is 0 Å². The predicted molar refractivity (Wildman–Crippen MR) is 83.0 cm³/mol. The van der Waals surface area contributed by atoms with Crippen LogP contribution >= 0.6 is 15.9 Å². The van der Waals surface area contributed by atoms with Crippen LogP contribution in [0.1, 0.15) is 22.1 Å². The monoisotopic (exact) mass is 378 g/mol. The number of carbonyl (C=O) groups excluding carboxylic acids is 2. The molecular formula is C16H12BrFN2O3. The van der Waals surface area contributed by atoms with E-state index in [0.717, 1.165) is 0 Å². The molecule has 1 atom stereocenters. The van der Waals surface area contributed by atoms with E-state index in [1.165, 1.54) is 23.1 Å². The molecule has 1 unspecified atom stereocenters. The van der Waals surface area contributed by atoms with E-state index in [4.69, 9.17) is 0 Å². The van der Waals surface area contributed by atoms with E-state index < -0.39 is 17.9 Å².